The largest absolute Gasteiger partial charge is 0.322 e. The van der Waals surface area contributed by atoms with Gasteiger partial charge < -0.3 is 5.32 Å². The first kappa shape index (κ1) is 22.9. The van der Waals surface area contributed by atoms with E-state index in [1.54, 1.807) is 12.1 Å². The Hall–Kier alpha value is -2.81. The van der Waals surface area contributed by atoms with Crippen LogP contribution in [0.4, 0.5) is 14.5 Å². The highest BCUT2D eigenvalue weighted by Gasteiger charge is 2.27. The second kappa shape index (κ2) is 9.55. The number of amides is 1. The second-order valence-corrected chi connectivity index (χ2v) is 9.26. The van der Waals surface area contributed by atoms with Crippen LogP contribution in [0.1, 0.15) is 11.1 Å². The van der Waals surface area contributed by atoms with Gasteiger partial charge >= 0.3 is 0 Å². The van der Waals surface area contributed by atoms with Gasteiger partial charge in [-0.15, -0.1) is 0 Å². The molecular weight excluding hydrogens is 446 g/mol. The molecule has 162 valence electrons. The van der Waals surface area contributed by atoms with Crippen LogP contribution >= 0.6 is 11.6 Å². The predicted molar refractivity (Wildman–Crippen MR) is 115 cm³/mol. The lowest BCUT2D eigenvalue weighted by Crippen LogP contribution is -2.37. The van der Waals surface area contributed by atoms with Gasteiger partial charge in [0, 0.05) is 17.6 Å². The fourth-order valence-electron chi connectivity index (χ4n) is 2.94. The second-order valence-electron chi connectivity index (χ2n) is 6.89. The fourth-order valence-corrected chi connectivity index (χ4v) is 4.45. The smallest absolute Gasteiger partial charge is 0.243 e. The van der Waals surface area contributed by atoms with E-state index in [9.17, 15) is 22.0 Å². The number of nitrogens with one attached hydrogen (secondary N) is 1. The van der Waals surface area contributed by atoms with Gasteiger partial charge in [-0.25, -0.2) is 17.2 Å². The Labute approximate surface area is 184 Å². The standard InChI is InChI=1S/C22H19ClF2N2O3S/c1-15-3-2-4-16(11-15)13-27(31(29,30)19-8-5-17(23)6-9-19)14-22(28)26-21-10-7-18(24)12-20(21)25/h2-12H,13-14H2,1H3,(H,26,28). The number of carbonyl (C=O) groups is 1. The molecule has 0 unspecified atom stereocenters. The summed E-state index contributed by atoms with van der Waals surface area (Å²) in [5, 5.41) is 2.66. The molecule has 1 N–H and O–H groups in total. The molecule has 0 fully saturated rings. The molecule has 3 aromatic carbocycles. The van der Waals surface area contributed by atoms with E-state index in [1.807, 2.05) is 19.1 Å². The summed E-state index contributed by atoms with van der Waals surface area (Å²) in [6.45, 7) is 1.22. The van der Waals surface area contributed by atoms with Gasteiger partial charge in [-0.3, -0.25) is 4.79 Å². The first-order valence-corrected chi connectivity index (χ1v) is 11.0. The van der Waals surface area contributed by atoms with E-state index in [2.05, 4.69) is 5.32 Å². The Bertz CT molecular complexity index is 1200. The molecule has 31 heavy (non-hydrogen) atoms. The molecule has 0 atom stereocenters. The number of hydrogen-bond donors (Lipinski definition) is 1. The van der Waals surface area contributed by atoms with E-state index in [0.717, 1.165) is 22.0 Å². The lowest BCUT2D eigenvalue weighted by molar-refractivity contribution is -0.116. The molecule has 0 aromatic heterocycles. The zero-order valence-corrected chi connectivity index (χ0v) is 18.1. The van der Waals surface area contributed by atoms with E-state index in [4.69, 9.17) is 11.6 Å². The van der Waals surface area contributed by atoms with Crippen LogP contribution in [-0.4, -0.2) is 25.2 Å². The lowest BCUT2D eigenvalue weighted by atomic mass is 10.1. The third kappa shape index (κ3) is 5.88. The van der Waals surface area contributed by atoms with Crippen molar-refractivity contribution < 1.29 is 22.0 Å². The van der Waals surface area contributed by atoms with Crippen molar-refractivity contribution >= 4 is 33.2 Å². The molecule has 0 heterocycles. The predicted octanol–water partition coefficient (Wildman–Crippen LogP) is 4.76. The number of halogens is 3. The van der Waals surface area contributed by atoms with Crippen LogP contribution in [0, 0.1) is 18.6 Å². The number of hydrogen-bond acceptors (Lipinski definition) is 3. The summed E-state index contributed by atoms with van der Waals surface area (Å²) in [4.78, 5) is 12.5. The number of aryl methyl sites for hydroxylation is 1. The normalized spacial score (nSPS) is 11.5. The average Bonchev–Trinajstić information content (AvgIpc) is 2.70. The minimum Gasteiger partial charge on any atom is -0.322 e. The molecular formula is C22H19ClF2N2O3S. The molecule has 0 aliphatic rings. The number of benzene rings is 3. The molecule has 0 aliphatic heterocycles. The molecule has 0 radical (unpaired) electrons. The minimum absolute atomic E-state index is 0.0367. The first-order valence-electron chi connectivity index (χ1n) is 9.21. The van der Waals surface area contributed by atoms with Gasteiger partial charge in [0.05, 0.1) is 17.1 Å². The van der Waals surface area contributed by atoms with E-state index in [-0.39, 0.29) is 17.1 Å². The van der Waals surface area contributed by atoms with Crippen LogP contribution in [0.25, 0.3) is 0 Å². The topological polar surface area (TPSA) is 66.5 Å². The van der Waals surface area contributed by atoms with Gasteiger partial charge in [0.1, 0.15) is 11.6 Å². The SMILES string of the molecule is Cc1cccc(CN(CC(=O)Nc2ccc(F)cc2F)S(=O)(=O)c2ccc(Cl)cc2)c1. The molecule has 3 aromatic rings. The van der Waals surface area contributed by atoms with Gasteiger partial charge in [-0.05, 0) is 48.9 Å². The summed E-state index contributed by atoms with van der Waals surface area (Å²) in [5.74, 6) is -2.52. The summed E-state index contributed by atoms with van der Waals surface area (Å²) < 4.78 is 54.4. The third-order valence-corrected chi connectivity index (χ3v) is 6.48. The van der Waals surface area contributed by atoms with Crippen molar-refractivity contribution in [3.05, 3.63) is 94.5 Å². The van der Waals surface area contributed by atoms with Crippen molar-refractivity contribution in [1.82, 2.24) is 4.31 Å². The molecule has 0 aliphatic carbocycles. The number of rotatable bonds is 7. The quantitative estimate of drug-likeness (QED) is 0.548. The Balaban J connectivity index is 1.89. The van der Waals surface area contributed by atoms with Gasteiger partial charge in [0.25, 0.3) is 0 Å². The van der Waals surface area contributed by atoms with Gasteiger partial charge in [0.15, 0.2) is 0 Å². The van der Waals surface area contributed by atoms with E-state index in [1.165, 1.54) is 24.3 Å². The van der Waals surface area contributed by atoms with Crippen LogP contribution in [0.5, 0.6) is 0 Å². The van der Waals surface area contributed by atoms with Gasteiger partial charge in [-0.2, -0.15) is 4.31 Å². The molecule has 3 rings (SSSR count). The summed E-state index contributed by atoms with van der Waals surface area (Å²) in [6.07, 6.45) is 0. The summed E-state index contributed by atoms with van der Waals surface area (Å²) in [5.41, 5.74) is 1.36. The Morgan fingerprint density at radius 1 is 1.03 bits per heavy atom. The minimum atomic E-state index is -4.07. The van der Waals surface area contributed by atoms with E-state index < -0.39 is 34.1 Å². The van der Waals surface area contributed by atoms with Crippen molar-refractivity contribution in [3.8, 4) is 0 Å². The summed E-state index contributed by atoms with van der Waals surface area (Å²) in [6, 6.07) is 15.5. The Morgan fingerprint density at radius 2 is 1.74 bits per heavy atom. The summed E-state index contributed by atoms with van der Waals surface area (Å²) >= 11 is 5.85. The van der Waals surface area contributed by atoms with Crippen molar-refractivity contribution in [3.63, 3.8) is 0 Å². The van der Waals surface area contributed by atoms with Crippen molar-refractivity contribution in [1.29, 1.82) is 0 Å². The zero-order chi connectivity index (χ0) is 22.6. The highest BCUT2D eigenvalue weighted by Crippen LogP contribution is 2.22. The van der Waals surface area contributed by atoms with Crippen molar-refractivity contribution in [2.75, 3.05) is 11.9 Å². The fraction of sp³-hybridized carbons (Fsp3) is 0.136. The van der Waals surface area contributed by atoms with Gasteiger partial charge in [-0.1, -0.05) is 41.4 Å². The van der Waals surface area contributed by atoms with E-state index in [0.29, 0.717) is 16.7 Å². The molecule has 0 spiro atoms. The van der Waals surface area contributed by atoms with Crippen molar-refractivity contribution in [2.45, 2.75) is 18.4 Å². The summed E-state index contributed by atoms with van der Waals surface area (Å²) in [7, 11) is -4.07. The van der Waals surface area contributed by atoms with Crippen LogP contribution in [0.2, 0.25) is 5.02 Å². The van der Waals surface area contributed by atoms with Crippen LogP contribution in [-0.2, 0) is 21.4 Å². The Kier molecular flexibility index (Phi) is 7.04. The molecule has 0 bridgehead atoms. The monoisotopic (exact) mass is 464 g/mol. The van der Waals surface area contributed by atoms with Crippen LogP contribution in [0.3, 0.4) is 0 Å². The number of anilines is 1. The number of carbonyl (C=O) groups excluding carboxylic acids is 1. The third-order valence-electron chi connectivity index (χ3n) is 4.42. The average molecular weight is 465 g/mol. The molecule has 5 nitrogen and oxygen atoms in total. The lowest BCUT2D eigenvalue weighted by Gasteiger charge is -2.22. The molecule has 9 heteroatoms. The molecule has 1 amide bonds. The van der Waals surface area contributed by atoms with Gasteiger partial charge in [0.2, 0.25) is 15.9 Å². The van der Waals surface area contributed by atoms with E-state index >= 15 is 0 Å². The highest BCUT2D eigenvalue weighted by atomic mass is 35.5. The highest BCUT2D eigenvalue weighted by molar-refractivity contribution is 7.89. The van der Waals surface area contributed by atoms with Crippen molar-refractivity contribution in [2.24, 2.45) is 0 Å². The first-order chi connectivity index (χ1) is 14.6. The maximum absolute atomic E-state index is 13.9. The van der Waals surface area contributed by atoms with Crippen LogP contribution in [0.15, 0.2) is 71.6 Å². The molecule has 0 saturated heterocycles. The number of nitrogens with zero attached hydrogens (tertiary/aromatic N) is 1. The maximum Gasteiger partial charge on any atom is 0.243 e. The van der Waals surface area contributed by atoms with Crippen LogP contribution < -0.4 is 5.32 Å². The maximum atomic E-state index is 13.9. The Morgan fingerprint density at radius 3 is 2.39 bits per heavy atom. The molecule has 0 saturated carbocycles. The number of sulfonamides is 1. The zero-order valence-electron chi connectivity index (χ0n) is 16.5.